The zero-order valence-corrected chi connectivity index (χ0v) is 15.4. The largest absolute Gasteiger partial charge is 0.462 e. The van der Waals surface area contributed by atoms with Crippen LogP contribution in [0.4, 0.5) is 0 Å². The van der Waals surface area contributed by atoms with Crippen LogP contribution in [-0.4, -0.2) is 27.6 Å². The van der Waals surface area contributed by atoms with E-state index in [0.717, 1.165) is 25.7 Å². The first-order valence-corrected chi connectivity index (χ1v) is 9.05. The SMILES string of the molecule is CC(=O)O[C@H]1[C@H](C(C)C)CC[C@@]2(C)[C@H](Br)CC[C@@](C)(O)[C@@H]12. The molecule has 0 spiro atoms. The number of ether oxygens (including phenoxy) is 1. The van der Waals surface area contributed by atoms with E-state index < -0.39 is 5.60 Å². The average molecular weight is 361 g/mol. The van der Waals surface area contributed by atoms with Crippen molar-refractivity contribution < 1.29 is 14.6 Å². The fourth-order valence-corrected chi connectivity index (χ4v) is 5.54. The van der Waals surface area contributed by atoms with Crippen LogP contribution >= 0.6 is 15.9 Å². The van der Waals surface area contributed by atoms with E-state index in [1.54, 1.807) is 0 Å². The molecule has 1 N–H and O–H groups in total. The minimum Gasteiger partial charge on any atom is -0.462 e. The summed E-state index contributed by atoms with van der Waals surface area (Å²) < 4.78 is 5.76. The van der Waals surface area contributed by atoms with E-state index in [0.29, 0.717) is 16.7 Å². The molecule has 0 amide bonds. The van der Waals surface area contributed by atoms with Crippen molar-refractivity contribution in [2.75, 3.05) is 0 Å². The molecule has 3 nitrogen and oxygen atoms in total. The molecule has 6 atom stereocenters. The van der Waals surface area contributed by atoms with E-state index in [-0.39, 0.29) is 23.4 Å². The lowest BCUT2D eigenvalue weighted by Gasteiger charge is -2.59. The second kappa shape index (κ2) is 5.84. The molecule has 2 rings (SSSR count). The third-order valence-electron chi connectivity index (χ3n) is 5.93. The fourth-order valence-electron chi connectivity index (χ4n) is 4.80. The van der Waals surface area contributed by atoms with Crippen molar-refractivity contribution in [3.8, 4) is 0 Å². The molecule has 0 aliphatic heterocycles. The Morgan fingerprint density at radius 3 is 2.43 bits per heavy atom. The number of alkyl halides is 1. The molecular formula is C17H29BrO3. The van der Waals surface area contributed by atoms with Gasteiger partial charge in [0.15, 0.2) is 0 Å². The van der Waals surface area contributed by atoms with Crippen LogP contribution in [0.3, 0.4) is 0 Å². The summed E-state index contributed by atoms with van der Waals surface area (Å²) in [5, 5.41) is 11.0. The molecule has 21 heavy (non-hydrogen) atoms. The third kappa shape index (κ3) is 3.03. The summed E-state index contributed by atoms with van der Waals surface area (Å²) in [6.07, 6.45) is 3.67. The number of hydrogen-bond donors (Lipinski definition) is 1. The summed E-state index contributed by atoms with van der Waals surface area (Å²) in [4.78, 5) is 12.0. The van der Waals surface area contributed by atoms with Gasteiger partial charge in [0, 0.05) is 17.7 Å². The first-order valence-electron chi connectivity index (χ1n) is 8.13. The van der Waals surface area contributed by atoms with Crippen LogP contribution in [0.15, 0.2) is 0 Å². The molecule has 2 aliphatic rings. The lowest BCUT2D eigenvalue weighted by atomic mass is 9.51. The second-order valence-corrected chi connectivity index (χ2v) is 8.97. The van der Waals surface area contributed by atoms with Gasteiger partial charge >= 0.3 is 5.97 Å². The predicted octanol–water partition coefficient (Wildman–Crippen LogP) is 3.91. The Morgan fingerprint density at radius 2 is 1.90 bits per heavy atom. The van der Waals surface area contributed by atoms with Gasteiger partial charge in [-0.05, 0) is 49.9 Å². The van der Waals surface area contributed by atoms with Gasteiger partial charge in [0.1, 0.15) is 6.10 Å². The summed E-state index contributed by atoms with van der Waals surface area (Å²) >= 11 is 3.84. The first-order chi connectivity index (χ1) is 9.59. The number of carbonyl (C=O) groups excluding carboxylic acids is 1. The summed E-state index contributed by atoms with van der Waals surface area (Å²) in [6.45, 7) is 10.0. The molecule has 0 aromatic carbocycles. The Bertz CT molecular complexity index is 407. The molecule has 0 aromatic heterocycles. The van der Waals surface area contributed by atoms with Crippen molar-refractivity contribution in [2.24, 2.45) is 23.2 Å². The van der Waals surface area contributed by atoms with Crippen LogP contribution < -0.4 is 0 Å². The number of esters is 1. The van der Waals surface area contributed by atoms with E-state index >= 15 is 0 Å². The standard InChI is InChI=1S/C17H29BrO3/c1-10(2)12-6-8-16(4)13(18)7-9-17(5,20)15(16)14(12)21-11(3)19/h10,12-15,20H,6-9H2,1-5H3/t12-,13+,14-,15-,16-,17+/m0/s1. The molecule has 0 aromatic rings. The highest BCUT2D eigenvalue weighted by atomic mass is 79.9. The van der Waals surface area contributed by atoms with Gasteiger partial charge in [-0.1, -0.05) is 36.7 Å². The van der Waals surface area contributed by atoms with Crippen molar-refractivity contribution in [1.82, 2.24) is 0 Å². The maximum atomic E-state index is 11.6. The van der Waals surface area contributed by atoms with E-state index in [4.69, 9.17) is 4.74 Å². The zero-order chi connectivity index (χ0) is 16.0. The van der Waals surface area contributed by atoms with Gasteiger partial charge in [-0.2, -0.15) is 0 Å². The van der Waals surface area contributed by atoms with Crippen molar-refractivity contribution in [3.63, 3.8) is 0 Å². The fraction of sp³-hybridized carbons (Fsp3) is 0.941. The number of carbonyl (C=O) groups is 1. The number of rotatable bonds is 2. The molecule has 0 radical (unpaired) electrons. The number of hydrogen-bond acceptors (Lipinski definition) is 3. The zero-order valence-electron chi connectivity index (χ0n) is 13.9. The van der Waals surface area contributed by atoms with Gasteiger partial charge in [-0.3, -0.25) is 4.79 Å². The lowest BCUT2D eigenvalue weighted by Crippen LogP contribution is -2.62. The molecule has 0 bridgehead atoms. The van der Waals surface area contributed by atoms with Crippen molar-refractivity contribution >= 4 is 21.9 Å². The monoisotopic (exact) mass is 360 g/mol. The van der Waals surface area contributed by atoms with Crippen LogP contribution in [0.1, 0.15) is 60.3 Å². The summed E-state index contributed by atoms with van der Waals surface area (Å²) in [5.41, 5.74) is -0.792. The number of aliphatic hydroxyl groups is 1. The quantitative estimate of drug-likeness (QED) is 0.599. The van der Waals surface area contributed by atoms with Gasteiger partial charge in [-0.15, -0.1) is 0 Å². The van der Waals surface area contributed by atoms with E-state index in [1.807, 2.05) is 6.92 Å². The van der Waals surface area contributed by atoms with Gasteiger partial charge < -0.3 is 9.84 Å². The van der Waals surface area contributed by atoms with Crippen molar-refractivity contribution in [3.05, 3.63) is 0 Å². The molecular weight excluding hydrogens is 332 g/mol. The highest BCUT2D eigenvalue weighted by Crippen LogP contribution is 2.59. The average Bonchev–Trinajstić information content (AvgIpc) is 2.33. The Balaban J connectivity index is 2.43. The molecule has 4 heteroatoms. The smallest absolute Gasteiger partial charge is 0.302 e. The Hall–Kier alpha value is -0.0900. The van der Waals surface area contributed by atoms with Crippen LogP contribution in [0.5, 0.6) is 0 Å². The van der Waals surface area contributed by atoms with E-state index in [9.17, 15) is 9.90 Å². The minimum atomic E-state index is -0.771. The summed E-state index contributed by atoms with van der Waals surface area (Å²) in [7, 11) is 0. The molecule has 2 aliphatic carbocycles. The molecule has 122 valence electrons. The number of fused-ring (bicyclic) bond motifs is 1. The lowest BCUT2D eigenvalue weighted by molar-refractivity contribution is -0.201. The summed E-state index contributed by atoms with van der Waals surface area (Å²) in [5.74, 6) is 0.539. The molecule has 0 saturated heterocycles. The van der Waals surface area contributed by atoms with Gasteiger partial charge in [0.25, 0.3) is 0 Å². The van der Waals surface area contributed by atoms with Gasteiger partial charge in [-0.25, -0.2) is 0 Å². The topological polar surface area (TPSA) is 46.5 Å². The maximum Gasteiger partial charge on any atom is 0.302 e. The first kappa shape index (κ1) is 17.3. The van der Waals surface area contributed by atoms with Crippen LogP contribution in [0.25, 0.3) is 0 Å². The Kier molecular flexibility index (Phi) is 4.80. The van der Waals surface area contributed by atoms with Crippen LogP contribution in [-0.2, 0) is 9.53 Å². The predicted molar refractivity (Wildman–Crippen MR) is 87.3 cm³/mol. The molecule has 0 unspecified atom stereocenters. The maximum absolute atomic E-state index is 11.6. The molecule has 2 saturated carbocycles. The third-order valence-corrected chi connectivity index (χ3v) is 7.43. The Labute approximate surface area is 137 Å². The normalized spacial score (nSPS) is 47.0. The van der Waals surface area contributed by atoms with E-state index in [1.165, 1.54) is 6.92 Å². The van der Waals surface area contributed by atoms with Gasteiger partial charge in [0.2, 0.25) is 0 Å². The van der Waals surface area contributed by atoms with E-state index in [2.05, 4.69) is 36.7 Å². The molecule has 2 fully saturated rings. The minimum absolute atomic E-state index is 0.00632. The highest BCUT2D eigenvalue weighted by Gasteiger charge is 2.60. The molecule has 0 heterocycles. The second-order valence-electron chi connectivity index (χ2n) is 7.87. The Morgan fingerprint density at radius 1 is 1.29 bits per heavy atom. The van der Waals surface area contributed by atoms with Crippen molar-refractivity contribution in [1.29, 1.82) is 0 Å². The summed E-state index contributed by atoms with van der Waals surface area (Å²) in [6, 6.07) is 0. The highest BCUT2D eigenvalue weighted by molar-refractivity contribution is 9.09. The van der Waals surface area contributed by atoms with Crippen LogP contribution in [0.2, 0.25) is 0 Å². The van der Waals surface area contributed by atoms with Crippen molar-refractivity contribution in [2.45, 2.75) is 76.8 Å². The van der Waals surface area contributed by atoms with Crippen LogP contribution in [0, 0.1) is 23.2 Å². The van der Waals surface area contributed by atoms with Gasteiger partial charge in [0.05, 0.1) is 5.60 Å². The number of halogens is 1.